The Labute approximate surface area is 180 Å². The molecule has 0 saturated carbocycles. The van der Waals surface area contributed by atoms with E-state index in [4.69, 9.17) is 4.74 Å². The molecule has 2 saturated heterocycles. The van der Waals surface area contributed by atoms with Crippen molar-refractivity contribution in [2.45, 2.75) is 32.3 Å². The molecule has 0 N–H and O–H groups in total. The Bertz CT molecular complexity index is 961. The first-order chi connectivity index (χ1) is 14.8. The number of hydrogen-bond acceptors (Lipinski definition) is 5. The summed E-state index contributed by atoms with van der Waals surface area (Å²) in [6, 6.07) is 4.54. The van der Waals surface area contributed by atoms with E-state index in [1.165, 1.54) is 16.4 Å². The molecular formula is C21H26F2N2O5S. The third-order valence-electron chi connectivity index (χ3n) is 6.02. The molecule has 0 bridgehead atoms. The number of amides is 1. The van der Waals surface area contributed by atoms with Crippen molar-refractivity contribution in [2.24, 2.45) is 5.92 Å². The van der Waals surface area contributed by atoms with E-state index in [0.717, 1.165) is 5.56 Å². The van der Waals surface area contributed by atoms with Gasteiger partial charge in [-0.2, -0.15) is 13.1 Å². The monoisotopic (exact) mass is 456 g/mol. The van der Waals surface area contributed by atoms with E-state index in [0.29, 0.717) is 62.6 Å². The number of allylic oxidation sites excluding steroid dienone is 1. The Morgan fingerprint density at radius 2 is 1.94 bits per heavy atom. The minimum absolute atomic E-state index is 0.00210. The van der Waals surface area contributed by atoms with Crippen molar-refractivity contribution in [2.75, 3.05) is 39.4 Å². The minimum atomic E-state index is -3.71. The Morgan fingerprint density at radius 1 is 1.16 bits per heavy atom. The van der Waals surface area contributed by atoms with Crippen molar-refractivity contribution < 1.29 is 31.5 Å². The standard InChI is InChI=1S/C21H26F2N2O5S/c22-21(23)30-18-5-3-16-13-19(6-4-15(16)12-18)31(27,28)25-7-1-2-17(14-25)20(26)24-8-10-29-11-9-24/h3,5,12-13,17,21H,1-2,4,6-11,14H2. The third kappa shape index (κ3) is 4.91. The lowest BCUT2D eigenvalue weighted by Gasteiger charge is -2.36. The molecule has 0 aromatic heterocycles. The van der Waals surface area contributed by atoms with Gasteiger partial charge >= 0.3 is 6.61 Å². The molecule has 2 heterocycles. The lowest BCUT2D eigenvalue weighted by atomic mass is 9.97. The van der Waals surface area contributed by atoms with Crippen LogP contribution in [0.5, 0.6) is 5.75 Å². The van der Waals surface area contributed by atoms with E-state index < -0.39 is 16.6 Å². The molecule has 31 heavy (non-hydrogen) atoms. The quantitative estimate of drug-likeness (QED) is 0.681. The Balaban J connectivity index is 1.49. The summed E-state index contributed by atoms with van der Waals surface area (Å²) in [5, 5.41) is 0. The van der Waals surface area contributed by atoms with Crippen LogP contribution in [-0.2, 0) is 26.0 Å². The number of morpholine rings is 1. The maximum absolute atomic E-state index is 13.3. The second-order valence-electron chi connectivity index (χ2n) is 7.99. The molecule has 1 aliphatic carbocycles. The first kappa shape index (κ1) is 22.2. The summed E-state index contributed by atoms with van der Waals surface area (Å²) in [5.74, 6) is -0.279. The Hall–Kier alpha value is -2.04. The summed E-state index contributed by atoms with van der Waals surface area (Å²) in [6.45, 7) is -0.221. The van der Waals surface area contributed by atoms with Gasteiger partial charge in [-0.05, 0) is 55.0 Å². The number of aryl methyl sites for hydroxylation is 1. The molecule has 1 aromatic rings. The predicted molar refractivity (Wildman–Crippen MR) is 110 cm³/mol. The SMILES string of the molecule is O=C(C1CCCN(S(=O)(=O)C2=Cc3ccc(OC(F)F)cc3CC2)C1)N1CCOCC1. The summed E-state index contributed by atoms with van der Waals surface area (Å²) >= 11 is 0. The number of nitrogens with zero attached hydrogens (tertiary/aromatic N) is 2. The van der Waals surface area contributed by atoms with Gasteiger partial charge in [0.2, 0.25) is 15.9 Å². The van der Waals surface area contributed by atoms with Crippen molar-refractivity contribution in [1.29, 1.82) is 0 Å². The van der Waals surface area contributed by atoms with E-state index >= 15 is 0 Å². The molecule has 170 valence electrons. The average molecular weight is 457 g/mol. The maximum atomic E-state index is 13.3. The van der Waals surface area contributed by atoms with Gasteiger partial charge < -0.3 is 14.4 Å². The second-order valence-corrected chi connectivity index (χ2v) is 9.98. The normalized spacial score (nSPS) is 22.7. The van der Waals surface area contributed by atoms with Crippen LogP contribution in [0.3, 0.4) is 0 Å². The zero-order valence-corrected chi connectivity index (χ0v) is 18.0. The van der Waals surface area contributed by atoms with Crippen LogP contribution >= 0.6 is 0 Å². The number of alkyl halides is 2. The van der Waals surface area contributed by atoms with Crippen LogP contribution in [0.2, 0.25) is 0 Å². The number of ether oxygens (including phenoxy) is 2. The summed E-state index contributed by atoms with van der Waals surface area (Å²) in [4.78, 5) is 14.9. The molecule has 4 rings (SSSR count). The zero-order chi connectivity index (χ0) is 22.0. The van der Waals surface area contributed by atoms with E-state index in [2.05, 4.69) is 4.74 Å². The van der Waals surface area contributed by atoms with Gasteiger partial charge in [-0.1, -0.05) is 6.07 Å². The van der Waals surface area contributed by atoms with Crippen LogP contribution < -0.4 is 4.74 Å². The van der Waals surface area contributed by atoms with Gasteiger partial charge in [-0.25, -0.2) is 8.42 Å². The fourth-order valence-corrected chi connectivity index (χ4v) is 6.11. The Kier molecular flexibility index (Phi) is 6.59. The van der Waals surface area contributed by atoms with Gasteiger partial charge in [0.25, 0.3) is 0 Å². The molecule has 1 amide bonds. The second kappa shape index (κ2) is 9.22. The molecule has 0 radical (unpaired) electrons. The molecule has 1 atom stereocenters. The highest BCUT2D eigenvalue weighted by Crippen LogP contribution is 2.33. The van der Waals surface area contributed by atoms with Gasteiger partial charge in [0, 0.05) is 26.2 Å². The number of sulfonamides is 1. The van der Waals surface area contributed by atoms with Crippen LogP contribution in [-0.4, -0.2) is 69.5 Å². The molecule has 1 aromatic carbocycles. The molecule has 2 fully saturated rings. The largest absolute Gasteiger partial charge is 0.435 e. The number of halogens is 2. The fraction of sp³-hybridized carbons (Fsp3) is 0.571. The third-order valence-corrected chi connectivity index (χ3v) is 8.02. The van der Waals surface area contributed by atoms with Crippen LogP contribution in [0.1, 0.15) is 30.4 Å². The number of carbonyl (C=O) groups is 1. The van der Waals surface area contributed by atoms with Gasteiger partial charge in [0.05, 0.1) is 24.0 Å². The summed E-state index contributed by atoms with van der Waals surface area (Å²) in [6.07, 6.45) is 3.62. The predicted octanol–water partition coefficient (Wildman–Crippen LogP) is 2.48. The van der Waals surface area contributed by atoms with Crippen molar-refractivity contribution in [3.63, 3.8) is 0 Å². The molecule has 2 aliphatic heterocycles. The summed E-state index contributed by atoms with van der Waals surface area (Å²) in [7, 11) is -3.71. The van der Waals surface area contributed by atoms with Crippen molar-refractivity contribution >= 4 is 22.0 Å². The van der Waals surface area contributed by atoms with Crippen molar-refractivity contribution in [3.05, 3.63) is 34.2 Å². The smallest absolute Gasteiger partial charge is 0.387 e. The minimum Gasteiger partial charge on any atom is -0.435 e. The van der Waals surface area contributed by atoms with Gasteiger partial charge in [0.1, 0.15) is 5.75 Å². The zero-order valence-electron chi connectivity index (χ0n) is 17.1. The molecule has 0 spiro atoms. The molecule has 10 heteroatoms. The van der Waals surface area contributed by atoms with Gasteiger partial charge in [-0.3, -0.25) is 4.79 Å². The lowest BCUT2D eigenvalue weighted by molar-refractivity contribution is -0.140. The Morgan fingerprint density at radius 3 is 2.68 bits per heavy atom. The number of carbonyl (C=O) groups excluding carboxylic acids is 1. The van der Waals surface area contributed by atoms with E-state index in [-0.39, 0.29) is 30.5 Å². The van der Waals surface area contributed by atoms with Gasteiger partial charge in [-0.15, -0.1) is 0 Å². The first-order valence-electron chi connectivity index (χ1n) is 10.5. The highest BCUT2D eigenvalue weighted by atomic mass is 32.2. The van der Waals surface area contributed by atoms with Crippen molar-refractivity contribution in [3.8, 4) is 5.75 Å². The molecule has 1 unspecified atom stereocenters. The van der Waals surface area contributed by atoms with Crippen molar-refractivity contribution in [1.82, 2.24) is 9.21 Å². The topological polar surface area (TPSA) is 76.2 Å². The highest BCUT2D eigenvalue weighted by molar-refractivity contribution is 7.93. The molecule has 3 aliphatic rings. The van der Waals surface area contributed by atoms with Crippen LogP contribution in [0.15, 0.2) is 23.1 Å². The fourth-order valence-electron chi connectivity index (χ4n) is 4.39. The highest BCUT2D eigenvalue weighted by Gasteiger charge is 2.36. The summed E-state index contributed by atoms with van der Waals surface area (Å²) in [5.41, 5.74) is 1.46. The van der Waals surface area contributed by atoms with Crippen LogP contribution in [0.4, 0.5) is 8.78 Å². The number of fused-ring (bicyclic) bond motifs is 1. The van der Waals surface area contributed by atoms with Crippen LogP contribution in [0.25, 0.3) is 6.08 Å². The number of hydrogen-bond donors (Lipinski definition) is 0. The number of benzene rings is 1. The molecular weight excluding hydrogens is 430 g/mol. The average Bonchev–Trinajstić information content (AvgIpc) is 2.78. The molecule has 7 nitrogen and oxygen atoms in total. The number of piperidine rings is 1. The van der Waals surface area contributed by atoms with Crippen LogP contribution in [0, 0.1) is 5.92 Å². The summed E-state index contributed by atoms with van der Waals surface area (Å²) < 4.78 is 62.6. The first-order valence-corrected chi connectivity index (χ1v) is 11.9. The van der Waals surface area contributed by atoms with E-state index in [1.807, 2.05) is 0 Å². The van der Waals surface area contributed by atoms with E-state index in [9.17, 15) is 22.0 Å². The van der Waals surface area contributed by atoms with Gasteiger partial charge in [0.15, 0.2) is 0 Å². The number of rotatable bonds is 5. The maximum Gasteiger partial charge on any atom is 0.387 e. The van der Waals surface area contributed by atoms with E-state index in [1.54, 1.807) is 17.0 Å². The lowest BCUT2D eigenvalue weighted by Crippen LogP contribution is -2.49.